The van der Waals surface area contributed by atoms with Crippen molar-refractivity contribution in [1.82, 2.24) is 5.43 Å². The third kappa shape index (κ3) is 1.57. The summed E-state index contributed by atoms with van der Waals surface area (Å²) in [6.45, 7) is 0.505. The van der Waals surface area contributed by atoms with Crippen LogP contribution in [0.2, 0.25) is 0 Å². The van der Waals surface area contributed by atoms with Crippen molar-refractivity contribution in [3.05, 3.63) is 29.8 Å². The first-order valence-corrected chi connectivity index (χ1v) is 4.03. The molecule has 0 unspecified atom stereocenters. The van der Waals surface area contributed by atoms with E-state index in [4.69, 9.17) is 5.84 Å². The van der Waals surface area contributed by atoms with Crippen LogP contribution in [0.5, 0.6) is 0 Å². The number of hydrogen-bond acceptors (Lipinski definition) is 4. The maximum Gasteiger partial charge on any atom is 0.138 e. The summed E-state index contributed by atoms with van der Waals surface area (Å²) in [5, 5.41) is 0. The van der Waals surface area contributed by atoms with Crippen LogP contribution >= 0.6 is 0 Å². The van der Waals surface area contributed by atoms with E-state index in [1.165, 1.54) is 0 Å². The van der Waals surface area contributed by atoms with Crippen LogP contribution < -0.4 is 11.3 Å². The topological polar surface area (TPSA) is 62.8 Å². The van der Waals surface area contributed by atoms with E-state index in [0.29, 0.717) is 12.4 Å². The predicted octanol–water partition coefficient (Wildman–Crippen LogP) is 0.612. The number of nitrogens with two attached hydrogens (primary N) is 1. The van der Waals surface area contributed by atoms with Crippen LogP contribution in [-0.2, 0) is 0 Å². The van der Waals surface area contributed by atoms with Gasteiger partial charge in [-0.3, -0.25) is 4.99 Å². The summed E-state index contributed by atoms with van der Waals surface area (Å²) >= 11 is 0. The van der Waals surface area contributed by atoms with E-state index >= 15 is 0 Å². The zero-order valence-electron chi connectivity index (χ0n) is 7.07. The highest BCUT2D eigenvalue weighted by atomic mass is 15.3. The fourth-order valence-corrected chi connectivity index (χ4v) is 1.19. The first kappa shape index (κ1) is 7.94. The minimum absolute atomic E-state index is 0.505. The van der Waals surface area contributed by atoms with Crippen molar-refractivity contribution in [2.45, 2.75) is 0 Å². The van der Waals surface area contributed by atoms with Gasteiger partial charge in [0.25, 0.3) is 0 Å². The van der Waals surface area contributed by atoms with Crippen molar-refractivity contribution in [1.29, 1.82) is 0 Å². The molecular weight excluding hydrogens is 164 g/mol. The summed E-state index contributed by atoms with van der Waals surface area (Å²) in [7, 11) is 0. The minimum atomic E-state index is 0.505. The average Bonchev–Trinajstić information content (AvgIpc) is 2.38. The van der Waals surface area contributed by atoms with E-state index in [2.05, 4.69) is 15.4 Å². The Kier molecular flexibility index (Phi) is 2.06. The van der Waals surface area contributed by atoms with Gasteiger partial charge in [0, 0.05) is 11.8 Å². The second-order valence-electron chi connectivity index (χ2n) is 2.73. The zero-order chi connectivity index (χ0) is 9.10. The van der Waals surface area contributed by atoms with E-state index in [-0.39, 0.29) is 0 Å². The number of hydrazine groups is 1. The monoisotopic (exact) mass is 174 g/mol. The van der Waals surface area contributed by atoms with Gasteiger partial charge in [-0.05, 0) is 6.07 Å². The fraction of sp³-hybridized carbons (Fsp3) is 0.111. The molecule has 1 aliphatic rings. The molecule has 1 aliphatic heterocycles. The average molecular weight is 174 g/mol. The molecular formula is C9H10N4. The van der Waals surface area contributed by atoms with Gasteiger partial charge in [0.05, 0.1) is 12.2 Å². The van der Waals surface area contributed by atoms with E-state index in [1.54, 1.807) is 0 Å². The summed E-state index contributed by atoms with van der Waals surface area (Å²) in [4.78, 5) is 8.48. The maximum atomic E-state index is 5.28. The lowest BCUT2D eigenvalue weighted by atomic mass is 10.2. The number of benzene rings is 1. The highest BCUT2D eigenvalue weighted by Gasteiger charge is 2.03. The third-order valence-electron chi connectivity index (χ3n) is 1.83. The van der Waals surface area contributed by atoms with Crippen LogP contribution in [-0.4, -0.2) is 18.6 Å². The molecule has 4 heteroatoms. The molecule has 0 saturated heterocycles. The normalized spacial score (nSPS) is 14.4. The fourth-order valence-electron chi connectivity index (χ4n) is 1.19. The zero-order valence-corrected chi connectivity index (χ0v) is 7.07. The lowest BCUT2D eigenvalue weighted by molar-refractivity contribution is 0.993. The Labute approximate surface area is 76.2 Å². The summed E-state index contributed by atoms with van der Waals surface area (Å²) in [6.07, 6.45) is 1.81. The summed E-state index contributed by atoms with van der Waals surface area (Å²) in [5.74, 6) is 5.96. The number of amidine groups is 1. The van der Waals surface area contributed by atoms with Crippen molar-refractivity contribution in [2.24, 2.45) is 15.8 Å². The van der Waals surface area contributed by atoms with Crippen molar-refractivity contribution >= 4 is 17.7 Å². The number of rotatable bonds is 0. The van der Waals surface area contributed by atoms with Gasteiger partial charge in [-0.25, -0.2) is 10.8 Å². The van der Waals surface area contributed by atoms with E-state index < -0.39 is 0 Å². The van der Waals surface area contributed by atoms with Gasteiger partial charge in [0.2, 0.25) is 0 Å². The van der Waals surface area contributed by atoms with Crippen LogP contribution in [0.4, 0.5) is 5.69 Å². The number of aliphatic imine (C=N–C) groups is 2. The second-order valence-corrected chi connectivity index (χ2v) is 2.73. The van der Waals surface area contributed by atoms with E-state index in [1.807, 2.05) is 30.5 Å². The Bertz CT molecular complexity index is 368. The lowest BCUT2D eigenvalue weighted by Gasteiger charge is -2.00. The molecule has 3 N–H and O–H groups in total. The van der Waals surface area contributed by atoms with Crippen molar-refractivity contribution in [3.8, 4) is 0 Å². The number of nitrogens with zero attached hydrogens (tertiary/aromatic N) is 2. The molecule has 0 aliphatic carbocycles. The van der Waals surface area contributed by atoms with Gasteiger partial charge < -0.3 is 5.43 Å². The molecule has 0 radical (unpaired) electrons. The Morgan fingerprint density at radius 1 is 1.31 bits per heavy atom. The molecule has 13 heavy (non-hydrogen) atoms. The number of para-hydroxylation sites is 1. The molecule has 66 valence electrons. The van der Waals surface area contributed by atoms with Gasteiger partial charge in [-0.2, -0.15) is 0 Å². The first-order valence-electron chi connectivity index (χ1n) is 4.03. The molecule has 0 spiro atoms. The molecule has 1 aromatic rings. The van der Waals surface area contributed by atoms with Crippen molar-refractivity contribution < 1.29 is 0 Å². The molecule has 0 amide bonds. The smallest absolute Gasteiger partial charge is 0.138 e. The highest BCUT2D eigenvalue weighted by molar-refractivity contribution is 5.95. The third-order valence-corrected chi connectivity index (χ3v) is 1.83. The molecule has 4 nitrogen and oxygen atoms in total. The van der Waals surface area contributed by atoms with E-state index in [0.717, 1.165) is 11.3 Å². The van der Waals surface area contributed by atoms with Crippen molar-refractivity contribution in [2.75, 3.05) is 6.54 Å². The lowest BCUT2D eigenvalue weighted by Crippen LogP contribution is -2.31. The minimum Gasteiger partial charge on any atom is -0.310 e. The number of nitrogens with one attached hydrogen (secondary N) is 1. The molecule has 0 saturated carbocycles. The van der Waals surface area contributed by atoms with Crippen LogP contribution in [0.1, 0.15) is 5.56 Å². The molecule has 0 atom stereocenters. The van der Waals surface area contributed by atoms with E-state index in [9.17, 15) is 0 Å². The highest BCUT2D eigenvalue weighted by Crippen LogP contribution is 2.18. The quantitative estimate of drug-likeness (QED) is 0.447. The Hall–Kier alpha value is -1.68. The number of hydrogen-bond donors (Lipinski definition) is 2. The first-order chi connectivity index (χ1) is 6.40. The number of fused-ring (bicyclic) bond motifs is 1. The summed E-state index contributed by atoms with van der Waals surface area (Å²) in [6, 6.07) is 7.81. The van der Waals surface area contributed by atoms with Gasteiger partial charge in [0.15, 0.2) is 0 Å². The van der Waals surface area contributed by atoms with Gasteiger partial charge in [-0.15, -0.1) is 0 Å². The molecule has 1 heterocycles. The maximum absolute atomic E-state index is 5.28. The molecule has 0 fully saturated rings. The summed E-state index contributed by atoms with van der Waals surface area (Å²) in [5.41, 5.74) is 4.44. The SMILES string of the molecule is NNC1=Nc2ccccc2C=NC1. The largest absolute Gasteiger partial charge is 0.310 e. The molecule has 0 bridgehead atoms. The van der Waals surface area contributed by atoms with Crippen molar-refractivity contribution in [3.63, 3.8) is 0 Å². The Balaban J connectivity index is 2.49. The molecule has 1 aromatic carbocycles. The van der Waals surface area contributed by atoms with Crippen LogP contribution in [0.15, 0.2) is 34.3 Å². The van der Waals surface area contributed by atoms with Gasteiger partial charge in [0.1, 0.15) is 5.84 Å². The van der Waals surface area contributed by atoms with Crippen LogP contribution in [0.3, 0.4) is 0 Å². The summed E-state index contributed by atoms with van der Waals surface area (Å²) < 4.78 is 0. The van der Waals surface area contributed by atoms with Gasteiger partial charge in [-0.1, -0.05) is 18.2 Å². The van der Waals surface area contributed by atoms with Gasteiger partial charge >= 0.3 is 0 Å². The predicted molar refractivity (Wildman–Crippen MR) is 53.3 cm³/mol. The molecule has 2 rings (SSSR count). The molecule has 0 aromatic heterocycles. The second kappa shape index (κ2) is 3.37. The standard InChI is InChI=1S/C9H10N4/c10-13-9-6-11-5-7-3-1-2-4-8(7)12-9/h1-5H,6,10H2,(H,12,13). The van der Waals surface area contributed by atoms with Crippen LogP contribution in [0.25, 0.3) is 0 Å². The Morgan fingerprint density at radius 2 is 2.15 bits per heavy atom. The Morgan fingerprint density at radius 3 is 3.00 bits per heavy atom. The van der Waals surface area contributed by atoms with Crippen LogP contribution in [0, 0.1) is 0 Å².